The minimum atomic E-state index is 0. The molecule has 0 saturated heterocycles. The minimum Gasteiger partial charge on any atom is -0.0928 e. The third kappa shape index (κ3) is 8.89. The molecule has 0 spiro atoms. The Morgan fingerprint density at radius 2 is 2.00 bits per heavy atom. The standard InChI is InChI=1S/C4H9Br.Al.3H/c1-2-3-4-5;;;;/h2-4H2,1H3;;;;. The molecule has 0 nitrogen and oxygen atoms in total. The first-order valence-corrected chi connectivity index (χ1v) is 3.10. The molecule has 0 aromatic rings. The second-order valence-electron chi connectivity index (χ2n) is 1.04. The van der Waals surface area contributed by atoms with Crippen LogP contribution in [0.3, 0.4) is 0 Å². The minimum absolute atomic E-state index is 0. The van der Waals surface area contributed by atoms with Crippen LogP contribution in [0.25, 0.3) is 0 Å². The Morgan fingerprint density at radius 1 is 1.50 bits per heavy atom. The molecule has 0 unspecified atom stereocenters. The van der Waals surface area contributed by atoms with E-state index in [-0.39, 0.29) is 17.4 Å². The highest BCUT2D eigenvalue weighted by atomic mass is 79.9. The van der Waals surface area contributed by atoms with Crippen molar-refractivity contribution in [2.24, 2.45) is 0 Å². The van der Waals surface area contributed by atoms with Crippen LogP contribution >= 0.6 is 15.9 Å². The third-order valence-electron chi connectivity index (χ3n) is 0.487. The van der Waals surface area contributed by atoms with E-state index in [4.69, 9.17) is 0 Å². The van der Waals surface area contributed by atoms with Crippen molar-refractivity contribution in [3.05, 3.63) is 0 Å². The number of rotatable bonds is 2. The van der Waals surface area contributed by atoms with Crippen molar-refractivity contribution in [1.82, 2.24) is 0 Å². The average Bonchev–Trinajstić information content (AvgIpc) is 1.41. The van der Waals surface area contributed by atoms with Gasteiger partial charge < -0.3 is 0 Å². The smallest absolute Gasteiger partial charge is 0.0928 e. The predicted octanol–water partition coefficient (Wildman–Crippen LogP) is 0.997. The Kier molecular flexibility index (Phi) is 15.8. The van der Waals surface area contributed by atoms with E-state index in [1.165, 1.54) is 12.8 Å². The summed E-state index contributed by atoms with van der Waals surface area (Å²) < 4.78 is 0. The number of hydrogen-bond donors (Lipinski definition) is 0. The molecule has 0 aliphatic carbocycles. The van der Waals surface area contributed by atoms with Gasteiger partial charge in [0.2, 0.25) is 0 Å². The van der Waals surface area contributed by atoms with Gasteiger partial charge in [-0.1, -0.05) is 29.3 Å². The maximum Gasteiger partial charge on any atom is 0.187 e. The highest BCUT2D eigenvalue weighted by molar-refractivity contribution is 9.09. The number of hydrogen-bond acceptors (Lipinski definition) is 0. The van der Waals surface area contributed by atoms with Crippen LogP contribution in [0.15, 0.2) is 0 Å². The first kappa shape index (κ1) is 10.1. The molecule has 0 rings (SSSR count). The monoisotopic (exact) mass is 166 g/mol. The zero-order chi connectivity index (χ0) is 4.12. The zero-order valence-corrected chi connectivity index (χ0v) is 5.09. The van der Waals surface area contributed by atoms with Gasteiger partial charge in [0.25, 0.3) is 0 Å². The van der Waals surface area contributed by atoms with Crippen LogP contribution in [0.4, 0.5) is 0 Å². The molecule has 0 saturated carbocycles. The largest absolute Gasteiger partial charge is 0.187 e. The molecular formula is C4H12AlBr. The SMILES string of the molecule is CCCCBr.[AlH3]. The molecule has 0 aliphatic rings. The second-order valence-corrected chi connectivity index (χ2v) is 1.84. The Balaban J connectivity index is 0. The van der Waals surface area contributed by atoms with Crippen LogP contribution in [0.1, 0.15) is 19.8 Å². The summed E-state index contributed by atoms with van der Waals surface area (Å²) in [7, 11) is 0. The van der Waals surface area contributed by atoms with Gasteiger partial charge in [0.1, 0.15) is 0 Å². The Labute approximate surface area is 58.6 Å². The maximum absolute atomic E-state index is 3.31. The van der Waals surface area contributed by atoms with E-state index in [2.05, 4.69) is 22.9 Å². The number of unbranched alkanes of at least 4 members (excludes halogenated alkanes) is 1. The van der Waals surface area contributed by atoms with Crippen molar-refractivity contribution in [3.63, 3.8) is 0 Å². The van der Waals surface area contributed by atoms with Crippen molar-refractivity contribution in [3.8, 4) is 0 Å². The van der Waals surface area contributed by atoms with Crippen LogP contribution in [0.5, 0.6) is 0 Å². The molecule has 0 aromatic carbocycles. The summed E-state index contributed by atoms with van der Waals surface area (Å²) in [6, 6.07) is 0. The summed E-state index contributed by atoms with van der Waals surface area (Å²) in [5.74, 6) is 0. The van der Waals surface area contributed by atoms with Crippen LogP contribution in [0.2, 0.25) is 0 Å². The van der Waals surface area contributed by atoms with Crippen molar-refractivity contribution in [2.45, 2.75) is 19.8 Å². The fourth-order valence-electron chi connectivity index (χ4n) is 0.134. The summed E-state index contributed by atoms with van der Waals surface area (Å²) >= 11 is 3.31. The van der Waals surface area contributed by atoms with E-state index in [9.17, 15) is 0 Å². The normalized spacial score (nSPS) is 7.00. The highest BCUT2D eigenvalue weighted by Gasteiger charge is 1.69. The van der Waals surface area contributed by atoms with Crippen molar-refractivity contribution in [1.29, 1.82) is 0 Å². The van der Waals surface area contributed by atoms with E-state index in [1.807, 2.05) is 0 Å². The van der Waals surface area contributed by atoms with Crippen LogP contribution in [0, 0.1) is 0 Å². The summed E-state index contributed by atoms with van der Waals surface area (Å²) in [4.78, 5) is 0. The van der Waals surface area contributed by atoms with Crippen molar-refractivity contribution < 1.29 is 0 Å². The van der Waals surface area contributed by atoms with Gasteiger partial charge in [-0.05, 0) is 6.42 Å². The van der Waals surface area contributed by atoms with Gasteiger partial charge in [-0.3, -0.25) is 0 Å². The summed E-state index contributed by atoms with van der Waals surface area (Å²) in [6.07, 6.45) is 2.60. The summed E-state index contributed by atoms with van der Waals surface area (Å²) in [5.41, 5.74) is 0. The molecule has 0 atom stereocenters. The lowest BCUT2D eigenvalue weighted by atomic mass is 10.4. The predicted molar refractivity (Wildman–Crippen MR) is 38.6 cm³/mol. The Morgan fingerprint density at radius 3 is 2.00 bits per heavy atom. The lowest BCUT2D eigenvalue weighted by Crippen LogP contribution is -1.64. The van der Waals surface area contributed by atoms with Gasteiger partial charge >= 0.3 is 0 Å². The van der Waals surface area contributed by atoms with Crippen LogP contribution in [-0.4, -0.2) is 22.7 Å². The first-order chi connectivity index (χ1) is 2.41. The van der Waals surface area contributed by atoms with Gasteiger partial charge in [0, 0.05) is 5.33 Å². The molecule has 38 valence electrons. The molecule has 0 radical (unpaired) electrons. The number of alkyl halides is 1. The molecule has 6 heavy (non-hydrogen) atoms. The van der Waals surface area contributed by atoms with Crippen molar-refractivity contribution in [2.75, 3.05) is 5.33 Å². The Hall–Kier alpha value is 1.01. The fraction of sp³-hybridized carbons (Fsp3) is 1.00. The molecule has 0 fully saturated rings. The fourth-order valence-corrected chi connectivity index (χ4v) is 0.694. The highest BCUT2D eigenvalue weighted by Crippen LogP contribution is 1.89. The van der Waals surface area contributed by atoms with Gasteiger partial charge in [-0.2, -0.15) is 0 Å². The Bertz CT molecular complexity index is 15.0. The quantitative estimate of drug-likeness (QED) is 0.425. The maximum atomic E-state index is 3.31. The molecule has 0 amide bonds. The van der Waals surface area contributed by atoms with E-state index in [0.717, 1.165) is 5.33 Å². The first-order valence-electron chi connectivity index (χ1n) is 1.97. The lowest BCUT2D eigenvalue weighted by Gasteiger charge is -1.77. The summed E-state index contributed by atoms with van der Waals surface area (Å²) in [5, 5.41) is 1.16. The molecule has 0 aliphatic heterocycles. The molecule has 0 aromatic heterocycles. The molecule has 0 bridgehead atoms. The van der Waals surface area contributed by atoms with Gasteiger partial charge in [0.05, 0.1) is 0 Å². The van der Waals surface area contributed by atoms with Gasteiger partial charge in [-0.15, -0.1) is 0 Å². The topological polar surface area (TPSA) is 0 Å². The third-order valence-corrected chi connectivity index (χ3v) is 1.05. The van der Waals surface area contributed by atoms with E-state index >= 15 is 0 Å². The average molecular weight is 167 g/mol. The van der Waals surface area contributed by atoms with E-state index in [0.29, 0.717) is 0 Å². The van der Waals surface area contributed by atoms with Gasteiger partial charge in [0.15, 0.2) is 17.4 Å². The molecule has 0 N–H and O–H groups in total. The van der Waals surface area contributed by atoms with E-state index < -0.39 is 0 Å². The van der Waals surface area contributed by atoms with E-state index in [1.54, 1.807) is 0 Å². The van der Waals surface area contributed by atoms with Crippen molar-refractivity contribution >= 4 is 33.3 Å². The lowest BCUT2D eigenvalue weighted by molar-refractivity contribution is 0.902. The zero-order valence-electron chi connectivity index (χ0n) is 3.50. The van der Waals surface area contributed by atoms with Crippen LogP contribution in [-0.2, 0) is 0 Å². The second kappa shape index (κ2) is 9.38. The summed E-state index contributed by atoms with van der Waals surface area (Å²) in [6.45, 7) is 2.18. The van der Waals surface area contributed by atoms with Gasteiger partial charge in [-0.25, -0.2) is 0 Å². The number of halogens is 1. The molecule has 2 heteroatoms. The molecular weight excluding hydrogens is 155 g/mol. The molecule has 0 heterocycles. The van der Waals surface area contributed by atoms with Crippen LogP contribution < -0.4 is 0 Å².